The average molecular weight is 309 g/mol. The van der Waals surface area contributed by atoms with Crippen molar-refractivity contribution in [3.8, 4) is 6.07 Å². The van der Waals surface area contributed by atoms with Crippen molar-refractivity contribution in [3.05, 3.63) is 47.3 Å². The van der Waals surface area contributed by atoms with Crippen molar-refractivity contribution in [2.24, 2.45) is 5.92 Å². The zero-order chi connectivity index (χ0) is 16.1. The molecule has 2 rings (SSSR count). The second-order valence-corrected chi connectivity index (χ2v) is 5.20. The molecule has 1 aliphatic rings. The zero-order valence-corrected chi connectivity index (χ0v) is 11.7. The molecule has 0 aliphatic heterocycles. The molecular formula is C16H14F3NO2. The van der Waals surface area contributed by atoms with Gasteiger partial charge in [-0.2, -0.15) is 9.65 Å². The Morgan fingerprint density at radius 1 is 1.23 bits per heavy atom. The molecule has 1 aliphatic carbocycles. The van der Waals surface area contributed by atoms with Gasteiger partial charge in [0.05, 0.1) is 5.56 Å². The third kappa shape index (κ3) is 4.10. The van der Waals surface area contributed by atoms with E-state index in [9.17, 15) is 18.0 Å². The third-order valence-corrected chi connectivity index (χ3v) is 3.64. The predicted molar refractivity (Wildman–Crippen MR) is 72.3 cm³/mol. The van der Waals surface area contributed by atoms with Gasteiger partial charge in [0.25, 0.3) is 0 Å². The van der Waals surface area contributed by atoms with Gasteiger partial charge >= 0.3 is 5.97 Å². The first-order chi connectivity index (χ1) is 10.5. The summed E-state index contributed by atoms with van der Waals surface area (Å²) in [4.78, 5) is 11.9. The highest BCUT2D eigenvalue weighted by molar-refractivity contribution is 5.89. The lowest BCUT2D eigenvalue weighted by Gasteiger charge is -2.26. The molecule has 1 aromatic rings. The van der Waals surface area contributed by atoms with Crippen LogP contribution in [-0.4, -0.2) is 12.1 Å². The van der Waals surface area contributed by atoms with E-state index in [0.717, 1.165) is 18.2 Å². The molecule has 0 aromatic heterocycles. The number of ether oxygens (including phenoxy) is 1. The van der Waals surface area contributed by atoms with Crippen molar-refractivity contribution >= 4 is 5.97 Å². The Hall–Kier alpha value is -2.29. The van der Waals surface area contributed by atoms with Gasteiger partial charge in [-0.05, 0) is 55.9 Å². The molecule has 116 valence electrons. The van der Waals surface area contributed by atoms with Crippen LogP contribution in [-0.2, 0) is 4.74 Å². The lowest BCUT2D eigenvalue weighted by atomic mass is 9.87. The fourth-order valence-electron chi connectivity index (χ4n) is 2.46. The number of nitriles is 1. The van der Waals surface area contributed by atoms with Crippen molar-refractivity contribution in [2.75, 3.05) is 0 Å². The topological polar surface area (TPSA) is 50.1 Å². The lowest BCUT2D eigenvalue weighted by molar-refractivity contribution is 0.0183. The number of hydrogen-bond donors (Lipinski definition) is 0. The highest BCUT2D eigenvalue weighted by Gasteiger charge is 2.24. The first-order valence-electron chi connectivity index (χ1n) is 6.93. The number of hydrogen-bond acceptors (Lipinski definition) is 3. The highest BCUT2D eigenvalue weighted by Crippen LogP contribution is 2.28. The van der Waals surface area contributed by atoms with Gasteiger partial charge in [0.15, 0.2) is 17.5 Å². The summed E-state index contributed by atoms with van der Waals surface area (Å²) in [7, 11) is 0. The highest BCUT2D eigenvalue weighted by atomic mass is 19.2. The van der Waals surface area contributed by atoms with E-state index in [0.29, 0.717) is 25.7 Å². The van der Waals surface area contributed by atoms with Crippen LogP contribution in [0.4, 0.5) is 13.2 Å². The maximum Gasteiger partial charge on any atom is 0.338 e. The maximum atomic E-state index is 13.1. The molecule has 6 heteroatoms. The number of carbonyl (C=O) groups is 1. The van der Waals surface area contributed by atoms with Crippen LogP contribution in [0, 0.1) is 28.9 Å². The number of benzene rings is 1. The average Bonchev–Trinajstić information content (AvgIpc) is 2.51. The molecule has 0 spiro atoms. The standard InChI is InChI=1S/C16H14F3NO2/c17-12(9-20)7-10-1-4-13(5-2-10)22-16(21)11-3-6-14(18)15(19)8-11/h3,6-8,10,13H,1-2,4-5H2/b12-7-. The number of nitrogens with zero attached hydrogens (tertiary/aromatic N) is 1. The van der Waals surface area contributed by atoms with Crippen molar-refractivity contribution in [3.63, 3.8) is 0 Å². The summed E-state index contributed by atoms with van der Waals surface area (Å²) in [5.41, 5.74) is -0.0450. The van der Waals surface area contributed by atoms with Crippen molar-refractivity contribution in [1.29, 1.82) is 5.26 Å². The van der Waals surface area contributed by atoms with Crippen molar-refractivity contribution in [1.82, 2.24) is 0 Å². The summed E-state index contributed by atoms with van der Waals surface area (Å²) in [6.07, 6.45) is 3.23. The van der Waals surface area contributed by atoms with Gasteiger partial charge < -0.3 is 4.74 Å². The zero-order valence-electron chi connectivity index (χ0n) is 11.7. The van der Waals surface area contributed by atoms with E-state index < -0.39 is 23.4 Å². The molecule has 1 saturated carbocycles. The Bertz CT molecular complexity index is 629. The Morgan fingerprint density at radius 3 is 2.50 bits per heavy atom. The van der Waals surface area contributed by atoms with Gasteiger partial charge in [0, 0.05) is 0 Å². The van der Waals surface area contributed by atoms with Gasteiger partial charge in [0.1, 0.15) is 12.2 Å². The minimum Gasteiger partial charge on any atom is -0.459 e. The fourth-order valence-corrected chi connectivity index (χ4v) is 2.46. The maximum absolute atomic E-state index is 13.1. The van der Waals surface area contributed by atoms with Crippen LogP contribution in [0.2, 0.25) is 0 Å². The Kier molecular flexibility index (Phi) is 5.21. The summed E-state index contributed by atoms with van der Waals surface area (Å²) in [5, 5.41) is 8.38. The van der Waals surface area contributed by atoms with Crippen LogP contribution >= 0.6 is 0 Å². The summed E-state index contributed by atoms with van der Waals surface area (Å²) >= 11 is 0. The van der Waals surface area contributed by atoms with Gasteiger partial charge in [0.2, 0.25) is 0 Å². The van der Waals surface area contributed by atoms with Gasteiger partial charge in [-0.15, -0.1) is 0 Å². The minimum absolute atomic E-state index is 0.0436. The summed E-state index contributed by atoms with van der Waals surface area (Å²) in [6, 6.07) is 4.27. The van der Waals surface area contributed by atoms with Gasteiger partial charge in [-0.25, -0.2) is 13.6 Å². The monoisotopic (exact) mass is 309 g/mol. The molecule has 0 unspecified atom stereocenters. The van der Waals surface area contributed by atoms with Crippen LogP contribution in [0.15, 0.2) is 30.1 Å². The SMILES string of the molecule is N#C/C(F)=C/C1CCC(OC(=O)c2ccc(F)c(F)c2)CC1. The van der Waals surface area contributed by atoms with E-state index >= 15 is 0 Å². The number of carbonyl (C=O) groups excluding carboxylic acids is 1. The van der Waals surface area contributed by atoms with Crippen LogP contribution < -0.4 is 0 Å². The Balaban J connectivity index is 1.89. The molecule has 3 nitrogen and oxygen atoms in total. The minimum atomic E-state index is -1.10. The summed E-state index contributed by atoms with van der Waals surface area (Å²) in [6.45, 7) is 0. The number of esters is 1. The molecule has 0 heterocycles. The normalized spacial score (nSPS) is 22.0. The van der Waals surface area contributed by atoms with Crippen LogP contribution in [0.25, 0.3) is 0 Å². The molecular weight excluding hydrogens is 295 g/mol. The molecule has 22 heavy (non-hydrogen) atoms. The number of rotatable bonds is 3. The molecule has 0 radical (unpaired) electrons. The van der Waals surface area contributed by atoms with E-state index in [1.54, 1.807) is 0 Å². The van der Waals surface area contributed by atoms with E-state index in [1.807, 2.05) is 0 Å². The first kappa shape index (κ1) is 16.1. The smallest absolute Gasteiger partial charge is 0.338 e. The van der Waals surface area contributed by atoms with E-state index in [2.05, 4.69) is 0 Å². The van der Waals surface area contributed by atoms with E-state index in [4.69, 9.17) is 10.00 Å². The van der Waals surface area contributed by atoms with Gasteiger partial charge in [-0.1, -0.05) is 0 Å². The first-order valence-corrected chi connectivity index (χ1v) is 6.93. The number of halogens is 3. The predicted octanol–water partition coefficient (Wildman–Crippen LogP) is 4.06. The largest absolute Gasteiger partial charge is 0.459 e. The molecule has 0 amide bonds. The van der Waals surface area contributed by atoms with Crippen LogP contribution in [0.1, 0.15) is 36.0 Å². The van der Waals surface area contributed by atoms with Crippen molar-refractivity contribution < 1.29 is 22.7 Å². The third-order valence-electron chi connectivity index (χ3n) is 3.64. The van der Waals surface area contributed by atoms with E-state index in [-0.39, 0.29) is 17.6 Å². The quantitative estimate of drug-likeness (QED) is 0.625. The van der Waals surface area contributed by atoms with Crippen LogP contribution in [0.5, 0.6) is 0 Å². The van der Waals surface area contributed by atoms with Crippen LogP contribution in [0.3, 0.4) is 0 Å². The molecule has 1 aromatic carbocycles. The number of allylic oxidation sites excluding steroid dienone is 2. The molecule has 1 fully saturated rings. The molecule has 0 bridgehead atoms. The Labute approximate surface area is 126 Å². The Morgan fingerprint density at radius 2 is 1.91 bits per heavy atom. The van der Waals surface area contributed by atoms with Crippen molar-refractivity contribution in [2.45, 2.75) is 31.8 Å². The second kappa shape index (κ2) is 7.12. The molecule has 0 N–H and O–H groups in total. The van der Waals surface area contributed by atoms with Gasteiger partial charge in [-0.3, -0.25) is 0 Å². The molecule has 0 atom stereocenters. The molecule has 0 saturated heterocycles. The fraction of sp³-hybridized carbons (Fsp3) is 0.375. The summed E-state index contributed by atoms with van der Waals surface area (Å²) < 4.78 is 44.0. The van der Waals surface area contributed by atoms with E-state index in [1.165, 1.54) is 12.1 Å². The second-order valence-electron chi connectivity index (χ2n) is 5.20. The summed E-state index contributed by atoms with van der Waals surface area (Å²) in [5.74, 6) is -3.68. The lowest BCUT2D eigenvalue weighted by Crippen LogP contribution is -2.24.